The van der Waals surface area contributed by atoms with Crippen LogP contribution in [-0.4, -0.2) is 30.7 Å². The van der Waals surface area contributed by atoms with Crippen molar-refractivity contribution in [3.05, 3.63) is 29.3 Å². The third kappa shape index (κ3) is 6.17. The van der Waals surface area contributed by atoms with Crippen molar-refractivity contribution in [2.75, 3.05) is 25.0 Å². The Balaban J connectivity index is 2.40. The van der Waals surface area contributed by atoms with Gasteiger partial charge in [0.2, 0.25) is 5.91 Å². The van der Waals surface area contributed by atoms with E-state index in [1.165, 1.54) is 0 Å². The lowest BCUT2D eigenvalue weighted by Gasteiger charge is -2.17. The maximum atomic E-state index is 11.9. The summed E-state index contributed by atoms with van der Waals surface area (Å²) in [6, 6.07) is 6.08. The van der Waals surface area contributed by atoms with Gasteiger partial charge < -0.3 is 15.7 Å². The number of carbonyl (C=O) groups excluding carboxylic acids is 1. The van der Waals surface area contributed by atoms with Crippen molar-refractivity contribution in [2.45, 2.75) is 40.0 Å². The van der Waals surface area contributed by atoms with E-state index in [9.17, 15) is 4.79 Å². The normalized spacial score (nSPS) is 12.0. The lowest BCUT2D eigenvalue weighted by Crippen LogP contribution is -2.34. The number of amides is 1. The molecule has 0 aliphatic rings. The summed E-state index contributed by atoms with van der Waals surface area (Å²) in [7, 11) is 0. The van der Waals surface area contributed by atoms with Crippen LogP contribution in [-0.2, 0) is 4.79 Å². The Kier molecular flexibility index (Phi) is 7.83. The molecule has 0 aliphatic heterocycles. The first-order valence-corrected chi connectivity index (χ1v) is 7.76. The maximum Gasteiger partial charge on any atom is 0.239 e. The third-order valence-corrected chi connectivity index (χ3v) is 3.73. The summed E-state index contributed by atoms with van der Waals surface area (Å²) in [6.45, 7) is 7.29. The zero-order valence-corrected chi connectivity index (χ0v) is 13.4. The van der Waals surface area contributed by atoms with Gasteiger partial charge in [-0.15, -0.1) is 0 Å². The monoisotopic (exact) mass is 292 g/mol. The Labute approximate surface area is 128 Å². The fourth-order valence-electron chi connectivity index (χ4n) is 2.52. The number of aliphatic hydroxyl groups is 1. The molecule has 4 nitrogen and oxygen atoms in total. The minimum Gasteiger partial charge on any atom is -0.396 e. The molecule has 0 spiro atoms. The predicted octanol–water partition coefficient (Wildman–Crippen LogP) is 2.63. The number of anilines is 1. The zero-order valence-electron chi connectivity index (χ0n) is 13.4. The van der Waals surface area contributed by atoms with E-state index in [1.54, 1.807) is 0 Å². The summed E-state index contributed by atoms with van der Waals surface area (Å²) in [5.41, 5.74) is 3.33. The van der Waals surface area contributed by atoms with Gasteiger partial charge in [0.15, 0.2) is 0 Å². The van der Waals surface area contributed by atoms with Crippen LogP contribution in [0.1, 0.15) is 37.3 Å². The summed E-state index contributed by atoms with van der Waals surface area (Å²) in [5, 5.41) is 15.2. The van der Waals surface area contributed by atoms with E-state index in [2.05, 4.69) is 17.6 Å². The third-order valence-electron chi connectivity index (χ3n) is 3.73. The van der Waals surface area contributed by atoms with E-state index < -0.39 is 0 Å². The van der Waals surface area contributed by atoms with Crippen LogP contribution in [0.3, 0.4) is 0 Å². The molecule has 1 aromatic rings. The molecule has 0 heterocycles. The van der Waals surface area contributed by atoms with E-state index in [4.69, 9.17) is 5.11 Å². The van der Waals surface area contributed by atoms with E-state index in [1.807, 2.05) is 32.0 Å². The first kappa shape index (κ1) is 17.5. The molecule has 0 fully saturated rings. The van der Waals surface area contributed by atoms with Crippen LogP contribution in [0.5, 0.6) is 0 Å². The number of carbonyl (C=O) groups is 1. The summed E-state index contributed by atoms with van der Waals surface area (Å²) in [5.74, 6) is 0.362. The molecule has 1 unspecified atom stereocenters. The van der Waals surface area contributed by atoms with Crippen LogP contribution in [0.25, 0.3) is 0 Å². The van der Waals surface area contributed by atoms with Crippen molar-refractivity contribution in [3.8, 4) is 0 Å². The van der Waals surface area contributed by atoms with Crippen molar-refractivity contribution in [3.63, 3.8) is 0 Å². The molecule has 1 aromatic carbocycles. The van der Waals surface area contributed by atoms with E-state index in [-0.39, 0.29) is 19.1 Å². The molecule has 1 amide bonds. The number of para-hydroxylation sites is 1. The Morgan fingerprint density at radius 1 is 1.24 bits per heavy atom. The number of benzene rings is 1. The number of hydrogen-bond donors (Lipinski definition) is 3. The van der Waals surface area contributed by atoms with Gasteiger partial charge in [-0.05, 0) is 43.7 Å². The van der Waals surface area contributed by atoms with Gasteiger partial charge in [0.05, 0.1) is 6.54 Å². The van der Waals surface area contributed by atoms with Gasteiger partial charge in [-0.2, -0.15) is 0 Å². The van der Waals surface area contributed by atoms with Crippen molar-refractivity contribution in [2.24, 2.45) is 5.92 Å². The van der Waals surface area contributed by atoms with Gasteiger partial charge in [-0.3, -0.25) is 4.79 Å². The predicted molar refractivity (Wildman–Crippen MR) is 87.5 cm³/mol. The van der Waals surface area contributed by atoms with Crippen molar-refractivity contribution >= 4 is 11.6 Å². The lowest BCUT2D eigenvalue weighted by molar-refractivity contribution is -0.119. The highest BCUT2D eigenvalue weighted by Crippen LogP contribution is 2.18. The average molecular weight is 292 g/mol. The van der Waals surface area contributed by atoms with Gasteiger partial charge in [0.25, 0.3) is 0 Å². The summed E-state index contributed by atoms with van der Waals surface area (Å²) >= 11 is 0. The molecule has 0 radical (unpaired) electrons. The van der Waals surface area contributed by atoms with Gasteiger partial charge in [0, 0.05) is 18.8 Å². The minimum absolute atomic E-state index is 0.00306. The molecule has 118 valence electrons. The second kappa shape index (κ2) is 9.40. The molecule has 0 saturated heterocycles. The summed E-state index contributed by atoms with van der Waals surface area (Å²) in [6.07, 6.45) is 2.85. The Bertz CT molecular complexity index is 420. The molecule has 21 heavy (non-hydrogen) atoms. The van der Waals surface area contributed by atoms with Crippen LogP contribution < -0.4 is 10.6 Å². The highest BCUT2D eigenvalue weighted by atomic mass is 16.3. The summed E-state index contributed by atoms with van der Waals surface area (Å²) < 4.78 is 0. The van der Waals surface area contributed by atoms with E-state index in [0.29, 0.717) is 12.5 Å². The summed E-state index contributed by atoms with van der Waals surface area (Å²) in [4.78, 5) is 11.9. The quantitative estimate of drug-likeness (QED) is 0.655. The molecule has 0 saturated carbocycles. The number of nitrogens with one attached hydrogen (secondary N) is 2. The van der Waals surface area contributed by atoms with Gasteiger partial charge >= 0.3 is 0 Å². The SMILES string of the molecule is CCCC(CCO)CNC(=O)CNc1c(C)cccc1C. The molecular weight excluding hydrogens is 264 g/mol. The molecule has 1 rings (SSSR count). The molecule has 3 N–H and O–H groups in total. The fourth-order valence-corrected chi connectivity index (χ4v) is 2.52. The highest BCUT2D eigenvalue weighted by molar-refractivity contribution is 5.81. The molecule has 0 aromatic heterocycles. The lowest BCUT2D eigenvalue weighted by atomic mass is 10.0. The fraction of sp³-hybridized carbons (Fsp3) is 0.588. The molecule has 4 heteroatoms. The van der Waals surface area contributed by atoms with E-state index in [0.717, 1.165) is 36.1 Å². The molecule has 0 bridgehead atoms. The van der Waals surface area contributed by atoms with E-state index >= 15 is 0 Å². The number of aryl methyl sites for hydroxylation is 2. The van der Waals surface area contributed by atoms with Crippen LogP contribution in [0, 0.1) is 19.8 Å². The molecular formula is C17H28N2O2. The average Bonchev–Trinajstić information content (AvgIpc) is 2.44. The number of rotatable bonds is 9. The molecule has 0 aliphatic carbocycles. The number of aliphatic hydroxyl groups excluding tert-OH is 1. The Hall–Kier alpha value is -1.55. The smallest absolute Gasteiger partial charge is 0.239 e. The van der Waals surface area contributed by atoms with Crippen LogP contribution in [0.15, 0.2) is 18.2 Å². The molecule has 1 atom stereocenters. The maximum absolute atomic E-state index is 11.9. The van der Waals surface area contributed by atoms with Crippen molar-refractivity contribution in [1.82, 2.24) is 5.32 Å². The second-order valence-electron chi connectivity index (χ2n) is 5.59. The van der Waals surface area contributed by atoms with Gasteiger partial charge in [-0.25, -0.2) is 0 Å². The minimum atomic E-state index is -0.00306. The highest BCUT2D eigenvalue weighted by Gasteiger charge is 2.10. The Morgan fingerprint density at radius 2 is 1.90 bits per heavy atom. The van der Waals surface area contributed by atoms with Crippen molar-refractivity contribution in [1.29, 1.82) is 0 Å². The van der Waals surface area contributed by atoms with Gasteiger partial charge in [-0.1, -0.05) is 31.5 Å². The first-order valence-electron chi connectivity index (χ1n) is 7.76. The van der Waals surface area contributed by atoms with Crippen LogP contribution >= 0.6 is 0 Å². The topological polar surface area (TPSA) is 61.4 Å². The first-order chi connectivity index (χ1) is 10.1. The standard InChI is InChI=1S/C17H28N2O2/c1-4-6-15(9-10-20)11-18-16(21)12-19-17-13(2)7-5-8-14(17)3/h5,7-8,15,19-20H,4,6,9-12H2,1-3H3,(H,18,21). The zero-order chi connectivity index (χ0) is 15.7. The van der Waals surface area contributed by atoms with Crippen LogP contribution in [0.4, 0.5) is 5.69 Å². The second-order valence-corrected chi connectivity index (χ2v) is 5.59. The van der Waals surface area contributed by atoms with Crippen LogP contribution in [0.2, 0.25) is 0 Å². The number of hydrogen-bond acceptors (Lipinski definition) is 3. The Morgan fingerprint density at radius 3 is 2.48 bits per heavy atom. The largest absolute Gasteiger partial charge is 0.396 e. The van der Waals surface area contributed by atoms with Crippen molar-refractivity contribution < 1.29 is 9.90 Å². The van der Waals surface area contributed by atoms with Gasteiger partial charge in [0.1, 0.15) is 0 Å².